The van der Waals surface area contributed by atoms with Crippen LogP contribution in [0, 0.1) is 6.92 Å². The fourth-order valence-corrected chi connectivity index (χ4v) is 4.77. The van der Waals surface area contributed by atoms with Gasteiger partial charge in [0, 0.05) is 23.4 Å². The first kappa shape index (κ1) is 21.9. The first-order valence-corrected chi connectivity index (χ1v) is 11.4. The van der Waals surface area contributed by atoms with Crippen molar-refractivity contribution in [3.8, 4) is 11.1 Å². The first-order chi connectivity index (χ1) is 16.4. The van der Waals surface area contributed by atoms with E-state index in [1.165, 1.54) is 7.11 Å². The summed E-state index contributed by atoms with van der Waals surface area (Å²) in [6, 6.07) is 20.8. The van der Waals surface area contributed by atoms with E-state index in [-0.39, 0.29) is 17.8 Å². The molecular weight excluding hydrogens is 428 g/mol. The van der Waals surface area contributed by atoms with E-state index in [0.29, 0.717) is 36.2 Å². The van der Waals surface area contributed by atoms with Gasteiger partial charge in [-0.3, -0.25) is 9.59 Å². The molecule has 172 valence electrons. The highest BCUT2D eigenvalue weighted by Crippen LogP contribution is 2.43. The highest BCUT2D eigenvalue weighted by molar-refractivity contribution is 6.04. The molecule has 2 aliphatic rings. The number of fused-ring (bicyclic) bond motifs is 1. The van der Waals surface area contributed by atoms with Crippen molar-refractivity contribution in [2.45, 2.75) is 38.3 Å². The van der Waals surface area contributed by atoms with Crippen molar-refractivity contribution < 1.29 is 19.1 Å². The highest BCUT2D eigenvalue weighted by atomic mass is 16.5. The van der Waals surface area contributed by atoms with E-state index in [0.717, 1.165) is 28.7 Å². The smallest absolute Gasteiger partial charge is 0.331 e. The second-order valence-corrected chi connectivity index (χ2v) is 9.04. The van der Waals surface area contributed by atoms with E-state index in [1.807, 2.05) is 61.5 Å². The molecule has 6 heteroatoms. The average molecular weight is 455 g/mol. The number of carbonyl (C=O) groups excluding carboxylic acids is 3. The Morgan fingerprint density at radius 2 is 1.62 bits per heavy atom. The van der Waals surface area contributed by atoms with Gasteiger partial charge in [0.15, 0.2) is 0 Å². The van der Waals surface area contributed by atoms with Crippen molar-refractivity contribution in [2.75, 3.05) is 12.4 Å². The van der Waals surface area contributed by atoms with Crippen LogP contribution in [0.25, 0.3) is 11.1 Å². The molecular formula is C28H26N2O4. The Balaban J connectivity index is 1.33. The van der Waals surface area contributed by atoms with Crippen molar-refractivity contribution in [1.29, 1.82) is 0 Å². The van der Waals surface area contributed by atoms with Gasteiger partial charge in [0.1, 0.15) is 5.54 Å². The van der Waals surface area contributed by atoms with Crippen LogP contribution in [0.2, 0.25) is 0 Å². The third kappa shape index (κ3) is 3.65. The Labute approximate surface area is 198 Å². The van der Waals surface area contributed by atoms with Crippen molar-refractivity contribution in [1.82, 2.24) is 4.90 Å². The Kier molecular flexibility index (Phi) is 5.44. The molecule has 0 unspecified atom stereocenters. The number of aryl methyl sites for hydroxylation is 1. The Bertz CT molecular complexity index is 1270. The molecule has 34 heavy (non-hydrogen) atoms. The number of ether oxygens (including phenoxy) is 1. The topological polar surface area (TPSA) is 75.7 Å². The van der Waals surface area contributed by atoms with Gasteiger partial charge in [-0.1, -0.05) is 42.0 Å². The number of hydrogen-bond donors (Lipinski definition) is 1. The molecule has 5 rings (SSSR count). The first-order valence-electron chi connectivity index (χ1n) is 11.4. The zero-order chi connectivity index (χ0) is 23.9. The van der Waals surface area contributed by atoms with Gasteiger partial charge in [-0.15, -0.1) is 0 Å². The summed E-state index contributed by atoms with van der Waals surface area (Å²) in [7, 11) is 1.38. The molecule has 0 aromatic heterocycles. The SMILES string of the molecule is COC(=O)C1(N2Cc3ccc(-c4ccc(NC(=O)c5ccc(C)cc5)cc4)cc3C2=O)CCC1. The molecule has 1 N–H and O–H groups in total. The zero-order valence-corrected chi connectivity index (χ0v) is 19.3. The lowest BCUT2D eigenvalue weighted by Gasteiger charge is -2.45. The summed E-state index contributed by atoms with van der Waals surface area (Å²) in [5, 5.41) is 2.91. The fourth-order valence-electron chi connectivity index (χ4n) is 4.77. The van der Waals surface area contributed by atoms with Gasteiger partial charge in [-0.25, -0.2) is 4.79 Å². The summed E-state index contributed by atoms with van der Waals surface area (Å²) in [5.41, 5.74) is 4.97. The van der Waals surface area contributed by atoms with E-state index in [9.17, 15) is 14.4 Å². The van der Waals surface area contributed by atoms with Gasteiger partial charge >= 0.3 is 5.97 Å². The van der Waals surface area contributed by atoms with Crippen LogP contribution < -0.4 is 5.32 Å². The quantitative estimate of drug-likeness (QED) is 0.553. The lowest BCUT2D eigenvalue weighted by molar-refractivity contribution is -0.159. The van der Waals surface area contributed by atoms with Gasteiger partial charge in [0.05, 0.1) is 7.11 Å². The maximum Gasteiger partial charge on any atom is 0.331 e. The third-order valence-electron chi connectivity index (χ3n) is 6.97. The van der Waals surface area contributed by atoms with Crippen LogP contribution in [0.3, 0.4) is 0 Å². The molecule has 3 aromatic rings. The average Bonchev–Trinajstić information content (AvgIpc) is 3.15. The molecule has 1 heterocycles. The molecule has 0 saturated heterocycles. The predicted molar refractivity (Wildman–Crippen MR) is 129 cm³/mol. The molecule has 0 bridgehead atoms. The van der Waals surface area contributed by atoms with Crippen molar-refractivity contribution in [3.05, 3.63) is 89.0 Å². The summed E-state index contributed by atoms with van der Waals surface area (Å²) in [6.45, 7) is 2.41. The third-order valence-corrected chi connectivity index (χ3v) is 6.97. The molecule has 1 aliphatic heterocycles. The summed E-state index contributed by atoms with van der Waals surface area (Å²) in [6.07, 6.45) is 2.19. The summed E-state index contributed by atoms with van der Waals surface area (Å²) in [4.78, 5) is 39.8. The number of hydrogen-bond acceptors (Lipinski definition) is 4. The Morgan fingerprint density at radius 1 is 0.941 bits per heavy atom. The lowest BCUT2D eigenvalue weighted by Crippen LogP contribution is -2.59. The lowest BCUT2D eigenvalue weighted by atomic mass is 9.75. The minimum Gasteiger partial charge on any atom is -0.467 e. The number of rotatable bonds is 5. The maximum absolute atomic E-state index is 13.2. The van der Waals surface area contributed by atoms with Crippen LogP contribution >= 0.6 is 0 Å². The van der Waals surface area contributed by atoms with Crippen LogP contribution in [-0.4, -0.2) is 35.3 Å². The van der Waals surface area contributed by atoms with E-state index >= 15 is 0 Å². The fraction of sp³-hybridized carbons (Fsp3) is 0.250. The highest BCUT2D eigenvalue weighted by Gasteiger charge is 2.54. The van der Waals surface area contributed by atoms with Crippen molar-refractivity contribution >= 4 is 23.5 Å². The van der Waals surface area contributed by atoms with Crippen LogP contribution in [0.1, 0.15) is 51.1 Å². The molecule has 2 amide bonds. The molecule has 1 saturated carbocycles. The molecule has 3 aromatic carbocycles. The zero-order valence-electron chi connectivity index (χ0n) is 19.3. The molecule has 0 spiro atoms. The minimum absolute atomic E-state index is 0.121. The Morgan fingerprint density at radius 3 is 2.24 bits per heavy atom. The number of methoxy groups -OCH3 is 1. The molecule has 1 aliphatic carbocycles. The van der Waals surface area contributed by atoms with E-state index in [2.05, 4.69) is 5.32 Å². The second-order valence-electron chi connectivity index (χ2n) is 9.04. The second kappa shape index (κ2) is 8.45. The standard InChI is InChI=1S/C28H26N2O4/c1-18-4-6-20(7-5-18)25(31)29-23-12-10-19(11-13-23)21-8-9-22-17-30(26(32)24(22)16-21)28(14-3-15-28)27(33)34-2/h4-13,16H,3,14-15,17H2,1-2H3,(H,29,31). The van der Waals surface area contributed by atoms with E-state index in [4.69, 9.17) is 4.74 Å². The van der Waals surface area contributed by atoms with Crippen LogP contribution in [-0.2, 0) is 16.1 Å². The number of benzene rings is 3. The number of anilines is 1. The van der Waals surface area contributed by atoms with E-state index in [1.54, 1.807) is 17.0 Å². The van der Waals surface area contributed by atoms with Gasteiger partial charge in [0.2, 0.25) is 0 Å². The van der Waals surface area contributed by atoms with Crippen LogP contribution in [0.15, 0.2) is 66.7 Å². The summed E-state index contributed by atoms with van der Waals surface area (Å²) >= 11 is 0. The molecule has 0 radical (unpaired) electrons. The van der Waals surface area contributed by atoms with Crippen molar-refractivity contribution in [2.24, 2.45) is 0 Å². The van der Waals surface area contributed by atoms with Crippen LogP contribution in [0.4, 0.5) is 5.69 Å². The summed E-state index contributed by atoms with van der Waals surface area (Å²) < 4.78 is 5.02. The molecule has 0 atom stereocenters. The number of carbonyl (C=O) groups is 3. The van der Waals surface area contributed by atoms with Gasteiger partial charge < -0.3 is 15.0 Å². The van der Waals surface area contributed by atoms with Crippen LogP contribution in [0.5, 0.6) is 0 Å². The van der Waals surface area contributed by atoms with E-state index < -0.39 is 5.54 Å². The number of amides is 2. The number of esters is 1. The predicted octanol–water partition coefficient (Wildman–Crippen LogP) is 4.97. The number of nitrogens with zero attached hydrogens (tertiary/aromatic N) is 1. The van der Waals surface area contributed by atoms with Crippen molar-refractivity contribution in [3.63, 3.8) is 0 Å². The number of nitrogens with one attached hydrogen (secondary N) is 1. The van der Waals surface area contributed by atoms with Gasteiger partial charge in [-0.2, -0.15) is 0 Å². The largest absolute Gasteiger partial charge is 0.467 e. The van der Waals surface area contributed by atoms with Gasteiger partial charge in [0.25, 0.3) is 11.8 Å². The maximum atomic E-state index is 13.2. The summed E-state index contributed by atoms with van der Waals surface area (Å²) in [5.74, 6) is -0.612. The van der Waals surface area contributed by atoms with Gasteiger partial charge in [-0.05, 0) is 73.2 Å². The Hall–Kier alpha value is -3.93. The normalized spacial score (nSPS) is 15.9. The molecule has 6 nitrogen and oxygen atoms in total. The minimum atomic E-state index is -0.831. The monoisotopic (exact) mass is 454 g/mol. The molecule has 1 fully saturated rings.